The first-order valence-corrected chi connectivity index (χ1v) is 8.48. The molecule has 0 spiro atoms. The van der Waals surface area contributed by atoms with E-state index < -0.39 is 0 Å². The number of hydrogen-bond donors (Lipinski definition) is 0. The lowest BCUT2D eigenvalue weighted by atomic mass is 9.79. The van der Waals surface area contributed by atoms with Gasteiger partial charge in [-0.2, -0.15) is 0 Å². The highest BCUT2D eigenvalue weighted by molar-refractivity contribution is 6.49. The molecule has 0 fully saturated rings. The lowest BCUT2D eigenvalue weighted by Gasteiger charge is -2.23. The largest absolute Gasteiger partial charge is 0.0616 e. The number of fused-ring (bicyclic) bond motifs is 14. The molecule has 7 aromatic carbocycles. The molecule has 24 heavy (non-hydrogen) atoms. The Morgan fingerprint density at radius 1 is 0.250 bits per heavy atom. The van der Waals surface area contributed by atoms with Crippen molar-refractivity contribution in [3.05, 3.63) is 72.8 Å². The summed E-state index contributed by atoms with van der Waals surface area (Å²) in [6.07, 6.45) is 0. The molecule has 0 heterocycles. The second kappa shape index (κ2) is 3.52. The number of hydrogen-bond acceptors (Lipinski definition) is 0. The van der Waals surface area contributed by atoms with Gasteiger partial charge in [-0.25, -0.2) is 0 Å². The minimum atomic E-state index is 1.40. The van der Waals surface area contributed by atoms with Crippen molar-refractivity contribution in [2.75, 3.05) is 0 Å². The lowest BCUT2D eigenvalue weighted by Crippen LogP contribution is -1.94. The topological polar surface area (TPSA) is 0 Å². The van der Waals surface area contributed by atoms with Gasteiger partial charge in [-0.3, -0.25) is 0 Å². The highest BCUT2D eigenvalue weighted by atomic mass is 14.2. The summed E-state index contributed by atoms with van der Waals surface area (Å²) in [5.74, 6) is 0. The summed E-state index contributed by atoms with van der Waals surface area (Å²) in [6, 6.07) is 26.8. The van der Waals surface area contributed by atoms with Crippen molar-refractivity contribution in [3.63, 3.8) is 0 Å². The van der Waals surface area contributed by atoms with Crippen molar-refractivity contribution in [1.82, 2.24) is 0 Å². The molecule has 0 radical (unpaired) electrons. The van der Waals surface area contributed by atoms with Crippen LogP contribution in [0.1, 0.15) is 0 Å². The van der Waals surface area contributed by atoms with Crippen molar-refractivity contribution in [3.8, 4) is 0 Å². The quantitative estimate of drug-likeness (QED) is 0.285. The van der Waals surface area contributed by atoms with Gasteiger partial charge < -0.3 is 0 Å². The van der Waals surface area contributed by atoms with Crippen molar-refractivity contribution in [1.29, 1.82) is 0 Å². The van der Waals surface area contributed by atoms with Crippen LogP contribution in [-0.4, -0.2) is 0 Å². The number of benzene rings is 4. The maximum atomic E-state index is 2.31. The van der Waals surface area contributed by atoms with Crippen LogP contribution in [0.25, 0.3) is 64.6 Å². The lowest BCUT2D eigenvalue weighted by molar-refractivity contribution is 1.80. The zero-order valence-corrected chi connectivity index (χ0v) is 12.9. The Morgan fingerprint density at radius 2 is 0.542 bits per heavy atom. The van der Waals surface area contributed by atoms with Crippen LogP contribution in [0.15, 0.2) is 72.8 Å². The van der Waals surface area contributed by atoms with E-state index in [1.807, 2.05) is 0 Å². The van der Waals surface area contributed by atoms with Crippen LogP contribution in [0.5, 0.6) is 0 Å². The Labute approximate surface area is 137 Å². The molecule has 7 aromatic rings. The Kier molecular flexibility index (Phi) is 1.67. The van der Waals surface area contributed by atoms with Crippen LogP contribution < -0.4 is 0 Å². The first-order valence-electron chi connectivity index (χ1n) is 8.48. The fraction of sp³-hybridized carbons (Fsp3) is 0. The Hall–Kier alpha value is -3.12. The van der Waals surface area contributed by atoms with E-state index in [2.05, 4.69) is 72.8 Å². The normalized spacial score (nSPS) is 13.0. The van der Waals surface area contributed by atoms with E-state index in [9.17, 15) is 0 Å². The Bertz CT molecular complexity index is 1390. The fourth-order valence-corrected chi connectivity index (χ4v) is 4.87. The third-order valence-electron chi connectivity index (χ3n) is 5.92. The monoisotopic (exact) mass is 300 g/mol. The van der Waals surface area contributed by atoms with E-state index in [0.29, 0.717) is 0 Å². The van der Waals surface area contributed by atoms with Gasteiger partial charge in [-0.1, -0.05) is 72.8 Å². The summed E-state index contributed by atoms with van der Waals surface area (Å²) in [5, 5.41) is 17.2. The Morgan fingerprint density at radius 3 is 0.958 bits per heavy atom. The molecule has 0 bridgehead atoms. The molecule has 0 aliphatic carbocycles. The Balaban J connectivity index is 1.78. The van der Waals surface area contributed by atoms with Crippen molar-refractivity contribution in [2.45, 2.75) is 0 Å². The molecular weight excluding hydrogens is 288 g/mol. The molecular formula is C24H12. The molecule has 0 atom stereocenters. The molecule has 7 rings (SSSR count). The van der Waals surface area contributed by atoms with Crippen molar-refractivity contribution < 1.29 is 0 Å². The molecule has 0 N–H and O–H groups in total. The number of rotatable bonds is 0. The van der Waals surface area contributed by atoms with Gasteiger partial charge in [0, 0.05) is 0 Å². The van der Waals surface area contributed by atoms with E-state index in [1.54, 1.807) is 0 Å². The summed E-state index contributed by atoms with van der Waals surface area (Å²) in [5.41, 5.74) is 0. The predicted molar refractivity (Wildman–Crippen MR) is 105 cm³/mol. The van der Waals surface area contributed by atoms with Gasteiger partial charge in [0.1, 0.15) is 0 Å². The van der Waals surface area contributed by atoms with E-state index in [0.717, 1.165) is 0 Å². The summed E-state index contributed by atoms with van der Waals surface area (Å²) in [6.45, 7) is 0. The minimum Gasteiger partial charge on any atom is -0.0616 e. The molecule has 0 saturated heterocycles. The molecule has 0 unspecified atom stereocenters. The summed E-state index contributed by atoms with van der Waals surface area (Å²) < 4.78 is 0. The van der Waals surface area contributed by atoms with Crippen molar-refractivity contribution in [2.24, 2.45) is 0 Å². The van der Waals surface area contributed by atoms with Gasteiger partial charge in [0.25, 0.3) is 0 Å². The third kappa shape index (κ3) is 1.02. The van der Waals surface area contributed by atoms with E-state index in [4.69, 9.17) is 0 Å². The first kappa shape index (κ1) is 11.4. The molecule has 0 aromatic heterocycles. The molecule has 0 aliphatic heterocycles. The van der Waals surface area contributed by atoms with Crippen LogP contribution in [-0.2, 0) is 0 Å². The van der Waals surface area contributed by atoms with Crippen LogP contribution in [0.4, 0.5) is 0 Å². The van der Waals surface area contributed by atoms with E-state index in [1.165, 1.54) is 64.6 Å². The average Bonchev–Trinajstić information content (AvgIpc) is 2.61. The van der Waals surface area contributed by atoms with Gasteiger partial charge in [-0.15, -0.1) is 0 Å². The van der Waals surface area contributed by atoms with Gasteiger partial charge in [-0.05, 0) is 64.6 Å². The second-order valence-corrected chi connectivity index (χ2v) is 6.91. The van der Waals surface area contributed by atoms with Crippen LogP contribution in [0.3, 0.4) is 0 Å². The highest BCUT2D eigenvalue weighted by Crippen LogP contribution is 2.51. The molecule has 0 nitrogen and oxygen atoms in total. The van der Waals surface area contributed by atoms with Gasteiger partial charge in [0.05, 0.1) is 0 Å². The van der Waals surface area contributed by atoms with E-state index in [-0.39, 0.29) is 0 Å². The molecule has 0 heteroatoms. The maximum Gasteiger partial charge on any atom is -0.000740 e. The van der Waals surface area contributed by atoms with Gasteiger partial charge in [0.15, 0.2) is 0 Å². The SMILES string of the molecule is c1ccc2c(c1)c1ccc3c4ccc5c6ccccc6c5c4c3c21. The summed E-state index contributed by atoms with van der Waals surface area (Å²) >= 11 is 0. The molecule has 0 aliphatic rings. The maximum absolute atomic E-state index is 2.31. The smallest absolute Gasteiger partial charge is 0.000740 e. The minimum absolute atomic E-state index is 1.40. The highest BCUT2D eigenvalue weighted by Gasteiger charge is 2.22. The summed E-state index contributed by atoms with van der Waals surface area (Å²) in [7, 11) is 0. The first-order chi connectivity index (χ1) is 11.9. The van der Waals surface area contributed by atoms with Gasteiger partial charge >= 0.3 is 0 Å². The average molecular weight is 300 g/mol. The standard InChI is InChI=1S/C24H12/c1-3-7-15-13(5-1)17-9-11-19-20-12-10-18-14-6-2-4-8-16(14)22(18)24(20)23(19)21(15)17/h1-12H. The molecule has 108 valence electrons. The second-order valence-electron chi connectivity index (χ2n) is 6.91. The van der Waals surface area contributed by atoms with Gasteiger partial charge in [0.2, 0.25) is 0 Å². The van der Waals surface area contributed by atoms with Crippen LogP contribution in [0, 0.1) is 0 Å². The molecule has 0 saturated carbocycles. The van der Waals surface area contributed by atoms with Crippen molar-refractivity contribution >= 4 is 64.6 Å². The fourth-order valence-electron chi connectivity index (χ4n) is 4.87. The molecule has 0 amide bonds. The zero-order valence-electron chi connectivity index (χ0n) is 12.9. The van der Waals surface area contributed by atoms with E-state index >= 15 is 0 Å². The predicted octanol–water partition coefficient (Wildman–Crippen LogP) is 6.92. The van der Waals surface area contributed by atoms with Crippen LogP contribution in [0.2, 0.25) is 0 Å². The third-order valence-corrected chi connectivity index (χ3v) is 5.92. The zero-order chi connectivity index (χ0) is 15.4. The summed E-state index contributed by atoms with van der Waals surface area (Å²) in [4.78, 5) is 0. The van der Waals surface area contributed by atoms with Crippen LogP contribution >= 0.6 is 0 Å².